The summed E-state index contributed by atoms with van der Waals surface area (Å²) in [6.45, 7) is 9.05. The van der Waals surface area contributed by atoms with Gasteiger partial charge in [0.1, 0.15) is 0 Å². The van der Waals surface area contributed by atoms with E-state index in [1.165, 1.54) is 12.8 Å². The van der Waals surface area contributed by atoms with Crippen LogP contribution >= 0.6 is 0 Å². The molecule has 0 aromatic heterocycles. The van der Waals surface area contributed by atoms with Gasteiger partial charge in [-0.3, -0.25) is 11.3 Å². The van der Waals surface area contributed by atoms with Crippen LogP contribution in [0.25, 0.3) is 0 Å². The predicted octanol–water partition coefficient (Wildman–Crippen LogP) is 2.37. The number of hydrazine groups is 1. The first kappa shape index (κ1) is 15.9. The van der Waals surface area contributed by atoms with E-state index >= 15 is 0 Å². The van der Waals surface area contributed by atoms with Crippen molar-refractivity contribution in [3.05, 3.63) is 0 Å². The highest BCUT2D eigenvalue weighted by molar-refractivity contribution is 4.94. The van der Waals surface area contributed by atoms with E-state index in [-0.39, 0.29) is 5.54 Å². The number of likely N-dealkylation sites (N-methyl/N-ethyl adjacent to an activating group) is 1. The molecule has 0 aromatic carbocycles. The van der Waals surface area contributed by atoms with Crippen LogP contribution in [0.2, 0.25) is 0 Å². The molecule has 0 spiro atoms. The van der Waals surface area contributed by atoms with Crippen LogP contribution in [-0.4, -0.2) is 30.6 Å². The van der Waals surface area contributed by atoms with Gasteiger partial charge in [0.05, 0.1) is 0 Å². The lowest BCUT2D eigenvalue weighted by atomic mass is 9.81. The number of nitrogens with two attached hydrogens (primary N) is 1. The van der Waals surface area contributed by atoms with Gasteiger partial charge in [-0.25, -0.2) is 0 Å². The Bertz CT molecular complexity index is 178. The van der Waals surface area contributed by atoms with Crippen molar-refractivity contribution in [3.63, 3.8) is 0 Å². The first-order valence-electron chi connectivity index (χ1n) is 6.59. The number of rotatable bonds is 8. The summed E-state index contributed by atoms with van der Waals surface area (Å²) in [5.74, 6) is 6.52. The minimum absolute atomic E-state index is 0.136. The molecular weight excluding hydrogens is 198 g/mol. The fourth-order valence-corrected chi connectivity index (χ4v) is 2.33. The Balaban J connectivity index is 4.68. The summed E-state index contributed by atoms with van der Waals surface area (Å²) in [5, 5.41) is 0. The van der Waals surface area contributed by atoms with E-state index in [1.54, 1.807) is 0 Å². The normalized spacial score (nSPS) is 17.8. The number of hydrogen-bond donors (Lipinski definition) is 2. The van der Waals surface area contributed by atoms with Crippen LogP contribution in [-0.2, 0) is 0 Å². The van der Waals surface area contributed by atoms with Crippen molar-refractivity contribution in [2.45, 2.75) is 65.0 Å². The lowest BCUT2D eigenvalue weighted by molar-refractivity contribution is 0.0972. The molecule has 0 radical (unpaired) electrons. The lowest BCUT2D eigenvalue weighted by Gasteiger charge is -2.43. The maximum Gasteiger partial charge on any atom is 0.0394 e. The second-order valence-electron chi connectivity index (χ2n) is 5.24. The fourth-order valence-electron chi connectivity index (χ4n) is 2.33. The summed E-state index contributed by atoms with van der Waals surface area (Å²) >= 11 is 0. The molecule has 0 amide bonds. The highest BCUT2D eigenvalue weighted by atomic mass is 15.3. The quantitative estimate of drug-likeness (QED) is 0.496. The molecule has 0 aliphatic heterocycles. The van der Waals surface area contributed by atoms with Crippen molar-refractivity contribution in [1.82, 2.24) is 10.3 Å². The third-order valence-electron chi connectivity index (χ3n) is 4.41. The van der Waals surface area contributed by atoms with E-state index < -0.39 is 0 Å². The Labute approximate surface area is 102 Å². The smallest absolute Gasteiger partial charge is 0.0394 e. The molecule has 0 aliphatic rings. The van der Waals surface area contributed by atoms with E-state index in [2.05, 4.69) is 52.1 Å². The zero-order chi connectivity index (χ0) is 12.8. The highest BCUT2D eigenvalue weighted by Gasteiger charge is 2.34. The molecule has 3 heteroatoms. The van der Waals surface area contributed by atoms with Gasteiger partial charge in [0.2, 0.25) is 0 Å². The van der Waals surface area contributed by atoms with Gasteiger partial charge in [0.25, 0.3) is 0 Å². The Kier molecular flexibility index (Phi) is 7.20. The third kappa shape index (κ3) is 3.72. The molecule has 3 N–H and O–H groups in total. The molecule has 0 fully saturated rings. The van der Waals surface area contributed by atoms with E-state index in [0.29, 0.717) is 6.04 Å². The summed E-state index contributed by atoms with van der Waals surface area (Å²) < 4.78 is 0. The second kappa shape index (κ2) is 7.25. The summed E-state index contributed by atoms with van der Waals surface area (Å²) in [7, 11) is 4.28. The Morgan fingerprint density at radius 3 is 1.94 bits per heavy atom. The maximum atomic E-state index is 5.75. The zero-order valence-electron chi connectivity index (χ0n) is 12.0. The SMILES string of the molecule is CCC(CC)CC(NN)C(C)(CC)N(C)C. The van der Waals surface area contributed by atoms with Gasteiger partial charge in [0.15, 0.2) is 0 Å². The average molecular weight is 229 g/mol. The molecular formula is C13H31N3. The molecule has 0 rings (SSSR count). The first-order valence-corrected chi connectivity index (χ1v) is 6.59. The van der Waals surface area contributed by atoms with Crippen molar-refractivity contribution >= 4 is 0 Å². The Hall–Kier alpha value is -0.120. The zero-order valence-corrected chi connectivity index (χ0v) is 12.0. The summed E-state index contributed by atoms with van der Waals surface area (Å²) in [6, 6.07) is 0.359. The molecule has 2 unspecified atom stereocenters. The van der Waals surface area contributed by atoms with Crippen molar-refractivity contribution in [2.24, 2.45) is 11.8 Å². The monoisotopic (exact) mass is 229 g/mol. The largest absolute Gasteiger partial charge is 0.302 e. The number of nitrogens with one attached hydrogen (secondary N) is 1. The fraction of sp³-hybridized carbons (Fsp3) is 1.00. The molecule has 0 saturated carbocycles. The van der Waals surface area contributed by atoms with Gasteiger partial charge in [0, 0.05) is 11.6 Å². The van der Waals surface area contributed by atoms with Gasteiger partial charge in [-0.2, -0.15) is 0 Å². The first-order chi connectivity index (χ1) is 7.46. The molecule has 16 heavy (non-hydrogen) atoms. The summed E-state index contributed by atoms with van der Waals surface area (Å²) in [5.41, 5.74) is 3.17. The number of hydrogen-bond acceptors (Lipinski definition) is 3. The van der Waals surface area contributed by atoms with Crippen molar-refractivity contribution < 1.29 is 0 Å². The Morgan fingerprint density at radius 2 is 1.69 bits per heavy atom. The summed E-state index contributed by atoms with van der Waals surface area (Å²) in [6.07, 6.45) is 4.74. The molecule has 2 atom stereocenters. The van der Waals surface area contributed by atoms with Gasteiger partial charge in [-0.1, -0.05) is 33.6 Å². The molecule has 98 valence electrons. The highest BCUT2D eigenvalue weighted by Crippen LogP contribution is 2.27. The van der Waals surface area contributed by atoms with Gasteiger partial charge < -0.3 is 4.90 Å². The van der Waals surface area contributed by atoms with Crippen molar-refractivity contribution in [2.75, 3.05) is 14.1 Å². The van der Waals surface area contributed by atoms with Crippen LogP contribution in [0, 0.1) is 5.92 Å². The maximum absolute atomic E-state index is 5.75. The number of nitrogens with zero attached hydrogens (tertiary/aromatic N) is 1. The van der Waals surface area contributed by atoms with Crippen molar-refractivity contribution in [1.29, 1.82) is 0 Å². The second-order valence-corrected chi connectivity index (χ2v) is 5.24. The van der Waals surface area contributed by atoms with Gasteiger partial charge >= 0.3 is 0 Å². The molecule has 0 bridgehead atoms. The molecule has 0 saturated heterocycles. The molecule has 0 aliphatic carbocycles. The molecule has 0 aromatic rings. The van der Waals surface area contributed by atoms with Gasteiger partial charge in [-0.15, -0.1) is 0 Å². The van der Waals surface area contributed by atoms with Crippen LogP contribution in [0.5, 0.6) is 0 Å². The van der Waals surface area contributed by atoms with E-state index in [4.69, 9.17) is 5.84 Å². The van der Waals surface area contributed by atoms with Crippen LogP contribution in [0.3, 0.4) is 0 Å². The third-order valence-corrected chi connectivity index (χ3v) is 4.41. The average Bonchev–Trinajstić information content (AvgIpc) is 2.29. The van der Waals surface area contributed by atoms with Crippen LogP contribution < -0.4 is 11.3 Å². The Morgan fingerprint density at radius 1 is 1.19 bits per heavy atom. The lowest BCUT2D eigenvalue weighted by Crippen LogP contribution is -2.59. The minimum Gasteiger partial charge on any atom is -0.302 e. The molecule has 3 nitrogen and oxygen atoms in total. The van der Waals surface area contributed by atoms with E-state index in [1.807, 2.05) is 0 Å². The van der Waals surface area contributed by atoms with Crippen molar-refractivity contribution in [3.8, 4) is 0 Å². The minimum atomic E-state index is 0.136. The predicted molar refractivity (Wildman–Crippen MR) is 72.2 cm³/mol. The van der Waals surface area contributed by atoms with Crippen LogP contribution in [0.15, 0.2) is 0 Å². The van der Waals surface area contributed by atoms with Crippen LogP contribution in [0.4, 0.5) is 0 Å². The van der Waals surface area contributed by atoms with E-state index in [9.17, 15) is 0 Å². The summed E-state index contributed by atoms with van der Waals surface area (Å²) in [4.78, 5) is 2.29. The molecule has 0 heterocycles. The standard InChI is InChI=1S/C13H31N3/c1-7-11(8-2)10-12(15-14)13(4,9-3)16(5)6/h11-12,15H,7-10,14H2,1-6H3. The van der Waals surface area contributed by atoms with E-state index in [0.717, 1.165) is 18.8 Å². The van der Waals surface area contributed by atoms with Crippen LogP contribution in [0.1, 0.15) is 53.4 Å². The van der Waals surface area contributed by atoms with Gasteiger partial charge in [-0.05, 0) is 39.8 Å². The topological polar surface area (TPSA) is 41.3 Å².